The molecule has 1 heterocycles. The van der Waals surface area contributed by atoms with Gasteiger partial charge in [0.25, 0.3) is 0 Å². The van der Waals surface area contributed by atoms with Crippen molar-refractivity contribution in [2.24, 2.45) is 0 Å². The van der Waals surface area contributed by atoms with Crippen molar-refractivity contribution in [2.45, 2.75) is 19.2 Å². The summed E-state index contributed by atoms with van der Waals surface area (Å²) in [5.41, 5.74) is -0.299. The van der Waals surface area contributed by atoms with Gasteiger partial charge in [0.05, 0.1) is 5.97 Å². The summed E-state index contributed by atoms with van der Waals surface area (Å²) in [7, 11) is 0. The van der Waals surface area contributed by atoms with E-state index in [1.165, 1.54) is 31.2 Å². The largest absolute Gasteiger partial charge is 1.00 e. The SMILES string of the molecule is Cc1ccc(-c2cc(Cl)cc3c2O[C@H](C(F)(F)F)C(C(=O)[O-])=C3)cc1F.[Na+]. The zero-order valence-electron chi connectivity index (χ0n) is 14.2. The van der Waals surface area contributed by atoms with Crippen LogP contribution in [0.1, 0.15) is 11.1 Å². The molecule has 0 radical (unpaired) electrons. The summed E-state index contributed by atoms with van der Waals surface area (Å²) >= 11 is 5.99. The van der Waals surface area contributed by atoms with E-state index in [2.05, 4.69) is 0 Å². The Morgan fingerprint density at radius 2 is 1.89 bits per heavy atom. The summed E-state index contributed by atoms with van der Waals surface area (Å²) in [5, 5.41) is 11.2. The first-order valence-electron chi connectivity index (χ1n) is 7.34. The van der Waals surface area contributed by atoms with Crippen molar-refractivity contribution in [1.29, 1.82) is 0 Å². The van der Waals surface area contributed by atoms with Crippen LogP contribution < -0.4 is 39.4 Å². The second-order valence-corrected chi connectivity index (χ2v) is 6.20. The van der Waals surface area contributed by atoms with Crippen molar-refractivity contribution in [3.05, 3.63) is 57.9 Å². The Balaban J connectivity index is 0.00000261. The van der Waals surface area contributed by atoms with Crippen LogP contribution in [0.2, 0.25) is 5.02 Å². The molecule has 1 atom stereocenters. The molecule has 0 fully saturated rings. The van der Waals surface area contributed by atoms with E-state index < -0.39 is 29.6 Å². The molecular formula is C18H10ClF4NaO3. The minimum Gasteiger partial charge on any atom is -0.545 e. The van der Waals surface area contributed by atoms with Crippen LogP contribution in [-0.4, -0.2) is 18.2 Å². The van der Waals surface area contributed by atoms with Gasteiger partial charge in [0.2, 0.25) is 6.10 Å². The van der Waals surface area contributed by atoms with E-state index in [4.69, 9.17) is 16.3 Å². The van der Waals surface area contributed by atoms with Gasteiger partial charge in [0, 0.05) is 21.7 Å². The molecule has 2 aromatic carbocycles. The normalized spacial score (nSPS) is 15.9. The maximum atomic E-state index is 13.9. The number of aryl methyl sites for hydroxylation is 1. The molecule has 0 saturated carbocycles. The number of hydrogen-bond acceptors (Lipinski definition) is 3. The van der Waals surface area contributed by atoms with Crippen molar-refractivity contribution in [2.75, 3.05) is 0 Å². The van der Waals surface area contributed by atoms with E-state index in [-0.39, 0.29) is 57.0 Å². The zero-order chi connectivity index (χ0) is 19.2. The molecule has 1 aliphatic heterocycles. The first-order chi connectivity index (χ1) is 12.1. The minimum absolute atomic E-state index is 0. The fraction of sp³-hybridized carbons (Fsp3) is 0.167. The van der Waals surface area contributed by atoms with Crippen LogP contribution in [0.5, 0.6) is 5.75 Å². The summed E-state index contributed by atoms with van der Waals surface area (Å²) in [5.74, 6) is -2.78. The van der Waals surface area contributed by atoms with E-state index >= 15 is 0 Å². The Kier molecular flexibility index (Phi) is 6.31. The molecule has 136 valence electrons. The maximum Gasteiger partial charge on any atom is 1.00 e. The molecule has 0 aliphatic carbocycles. The summed E-state index contributed by atoms with van der Waals surface area (Å²) in [6, 6.07) is 6.71. The average molecular weight is 409 g/mol. The monoisotopic (exact) mass is 408 g/mol. The van der Waals surface area contributed by atoms with Gasteiger partial charge >= 0.3 is 35.7 Å². The van der Waals surface area contributed by atoms with Crippen LogP contribution >= 0.6 is 11.6 Å². The smallest absolute Gasteiger partial charge is 0.545 e. The molecule has 1 aliphatic rings. The van der Waals surface area contributed by atoms with Crippen LogP contribution in [0.15, 0.2) is 35.9 Å². The number of fused-ring (bicyclic) bond motifs is 1. The maximum absolute atomic E-state index is 13.9. The molecule has 27 heavy (non-hydrogen) atoms. The fourth-order valence-electron chi connectivity index (χ4n) is 2.66. The van der Waals surface area contributed by atoms with Crippen LogP contribution in [0.25, 0.3) is 17.2 Å². The van der Waals surface area contributed by atoms with Gasteiger partial charge in [0.15, 0.2) is 0 Å². The van der Waals surface area contributed by atoms with E-state index in [1.54, 1.807) is 0 Å². The fourth-order valence-corrected chi connectivity index (χ4v) is 2.89. The van der Waals surface area contributed by atoms with E-state index in [1.807, 2.05) is 0 Å². The molecule has 0 N–H and O–H groups in total. The average Bonchev–Trinajstić information content (AvgIpc) is 2.54. The number of hydrogen-bond donors (Lipinski definition) is 0. The van der Waals surface area contributed by atoms with Gasteiger partial charge in [-0.1, -0.05) is 23.7 Å². The number of carboxylic acids is 1. The number of carbonyl (C=O) groups excluding carboxylic acids is 1. The Labute approximate surface area is 178 Å². The molecular weight excluding hydrogens is 399 g/mol. The number of ether oxygens (including phenoxy) is 1. The predicted molar refractivity (Wildman–Crippen MR) is 85.0 cm³/mol. The van der Waals surface area contributed by atoms with Crippen molar-refractivity contribution >= 4 is 23.6 Å². The Hall–Kier alpha value is -1.54. The molecule has 0 unspecified atom stereocenters. The number of rotatable bonds is 2. The van der Waals surface area contributed by atoms with E-state index in [0.717, 1.165) is 12.1 Å². The summed E-state index contributed by atoms with van der Waals surface area (Å²) in [6.07, 6.45) is -6.86. The van der Waals surface area contributed by atoms with Gasteiger partial charge in [-0.05, 0) is 42.3 Å². The van der Waals surface area contributed by atoms with Crippen LogP contribution in [0, 0.1) is 12.7 Å². The van der Waals surface area contributed by atoms with Gasteiger partial charge in [-0.25, -0.2) is 4.39 Å². The Morgan fingerprint density at radius 3 is 2.44 bits per heavy atom. The van der Waals surface area contributed by atoms with Gasteiger partial charge in [-0.3, -0.25) is 0 Å². The first kappa shape index (κ1) is 21.8. The molecule has 0 spiro atoms. The summed E-state index contributed by atoms with van der Waals surface area (Å²) in [6.45, 7) is 1.54. The predicted octanol–water partition coefficient (Wildman–Crippen LogP) is 0.915. The van der Waals surface area contributed by atoms with E-state index in [9.17, 15) is 27.5 Å². The minimum atomic E-state index is -4.97. The Bertz CT molecular complexity index is 941. The van der Waals surface area contributed by atoms with Crippen molar-refractivity contribution in [3.8, 4) is 16.9 Å². The number of carbonyl (C=O) groups is 1. The van der Waals surface area contributed by atoms with Crippen LogP contribution in [0.4, 0.5) is 17.6 Å². The second-order valence-electron chi connectivity index (χ2n) is 5.76. The summed E-state index contributed by atoms with van der Waals surface area (Å²) in [4.78, 5) is 11.1. The molecule has 0 saturated heterocycles. The van der Waals surface area contributed by atoms with Crippen molar-refractivity contribution in [3.63, 3.8) is 0 Å². The van der Waals surface area contributed by atoms with Crippen LogP contribution in [0.3, 0.4) is 0 Å². The standard InChI is InChI=1S/C18H11ClF4O3.Na/c1-8-2-3-9(6-14(8)20)12-7-11(19)4-10-5-13(17(24)25)16(18(21,22)23)26-15(10)12;/h2-7,16H,1H3,(H,24,25);/q;+1/p-1/t16-;/m0./s1. The van der Waals surface area contributed by atoms with Crippen LogP contribution in [-0.2, 0) is 4.79 Å². The third kappa shape index (κ3) is 4.32. The van der Waals surface area contributed by atoms with Gasteiger partial charge in [-0.15, -0.1) is 0 Å². The second kappa shape index (κ2) is 7.83. The molecule has 0 amide bonds. The van der Waals surface area contributed by atoms with Gasteiger partial charge in [-0.2, -0.15) is 13.2 Å². The molecule has 0 bridgehead atoms. The number of halogens is 5. The molecule has 3 rings (SSSR count). The number of alkyl halides is 3. The molecule has 0 aromatic heterocycles. The number of benzene rings is 2. The quantitative estimate of drug-likeness (QED) is 0.548. The van der Waals surface area contributed by atoms with Crippen molar-refractivity contribution in [1.82, 2.24) is 0 Å². The van der Waals surface area contributed by atoms with E-state index in [0.29, 0.717) is 5.56 Å². The third-order valence-electron chi connectivity index (χ3n) is 3.93. The molecule has 9 heteroatoms. The van der Waals surface area contributed by atoms with Gasteiger partial charge in [0.1, 0.15) is 11.6 Å². The zero-order valence-corrected chi connectivity index (χ0v) is 16.9. The third-order valence-corrected chi connectivity index (χ3v) is 4.15. The molecule has 3 nitrogen and oxygen atoms in total. The topological polar surface area (TPSA) is 49.4 Å². The molecule has 2 aromatic rings. The number of carboxylic acid groups (broad SMARTS) is 1. The van der Waals surface area contributed by atoms with Crippen molar-refractivity contribution < 1.29 is 61.8 Å². The number of aliphatic carboxylic acids is 1. The first-order valence-corrected chi connectivity index (χ1v) is 7.72. The summed E-state index contributed by atoms with van der Waals surface area (Å²) < 4.78 is 58.6. The van der Waals surface area contributed by atoms with Gasteiger partial charge < -0.3 is 14.6 Å². The Morgan fingerprint density at radius 1 is 1.22 bits per heavy atom.